The summed E-state index contributed by atoms with van der Waals surface area (Å²) in [6.45, 7) is 6.41. The van der Waals surface area contributed by atoms with Crippen molar-refractivity contribution in [1.29, 1.82) is 0 Å². The molecule has 0 amide bonds. The molecule has 1 N–H and O–H groups in total. The predicted molar refractivity (Wildman–Crippen MR) is 71.1 cm³/mol. The smallest absolute Gasteiger partial charge is 0.0898 e. The van der Waals surface area contributed by atoms with E-state index in [2.05, 4.69) is 47.0 Å². The van der Waals surface area contributed by atoms with Crippen LogP contribution in [0.2, 0.25) is 0 Å². The second kappa shape index (κ2) is 5.08. The minimum Gasteiger partial charge on any atom is -0.301 e. The lowest BCUT2D eigenvalue weighted by atomic mass is 10.2. The van der Waals surface area contributed by atoms with Crippen LogP contribution in [0.4, 0.5) is 0 Å². The normalized spacial score (nSPS) is 14.9. The fourth-order valence-electron chi connectivity index (χ4n) is 1.66. The molecule has 0 radical (unpaired) electrons. The first-order valence-electron chi connectivity index (χ1n) is 5.38. The summed E-state index contributed by atoms with van der Waals surface area (Å²) in [6, 6.07) is 4.95. The number of rotatable bonds is 4. The molecule has 0 saturated heterocycles. The van der Waals surface area contributed by atoms with E-state index in [9.17, 15) is 0 Å². The van der Waals surface area contributed by atoms with Crippen LogP contribution in [0, 0.1) is 6.92 Å². The third-order valence-electron chi connectivity index (χ3n) is 2.55. The Hall–Kier alpha value is -0.710. The standard InChI is InChI=1S/C12H16N2S2/c1-8(11-7-16-10(3)14-11)13-9(2)12-5-4-6-15-12/h4-9,13H,1-3H3/t8?,9-/m0/s1. The summed E-state index contributed by atoms with van der Waals surface area (Å²) >= 11 is 3.50. The number of nitrogens with zero attached hydrogens (tertiary/aromatic N) is 1. The highest BCUT2D eigenvalue weighted by Crippen LogP contribution is 2.23. The van der Waals surface area contributed by atoms with Crippen LogP contribution >= 0.6 is 22.7 Å². The fraction of sp³-hybridized carbons (Fsp3) is 0.417. The third kappa shape index (κ3) is 2.70. The van der Waals surface area contributed by atoms with Crippen molar-refractivity contribution in [2.75, 3.05) is 0 Å². The van der Waals surface area contributed by atoms with Crippen molar-refractivity contribution in [2.24, 2.45) is 0 Å². The van der Waals surface area contributed by atoms with Crippen LogP contribution in [-0.4, -0.2) is 4.98 Å². The average molecular weight is 252 g/mol. The van der Waals surface area contributed by atoms with Crippen molar-refractivity contribution in [3.8, 4) is 0 Å². The molecular formula is C12H16N2S2. The molecule has 0 fully saturated rings. The Morgan fingerprint density at radius 2 is 2.06 bits per heavy atom. The lowest BCUT2D eigenvalue weighted by molar-refractivity contribution is 0.492. The van der Waals surface area contributed by atoms with E-state index in [1.807, 2.05) is 6.92 Å². The number of thiazole rings is 1. The number of thiophene rings is 1. The molecule has 1 unspecified atom stereocenters. The number of hydrogen-bond donors (Lipinski definition) is 1. The molecule has 2 rings (SSSR count). The van der Waals surface area contributed by atoms with Crippen LogP contribution in [0.25, 0.3) is 0 Å². The van der Waals surface area contributed by atoms with E-state index in [1.165, 1.54) is 4.88 Å². The van der Waals surface area contributed by atoms with E-state index in [1.54, 1.807) is 22.7 Å². The van der Waals surface area contributed by atoms with Gasteiger partial charge in [-0.3, -0.25) is 0 Å². The Morgan fingerprint density at radius 1 is 1.25 bits per heavy atom. The minimum absolute atomic E-state index is 0.307. The molecular weight excluding hydrogens is 236 g/mol. The van der Waals surface area contributed by atoms with Crippen molar-refractivity contribution >= 4 is 22.7 Å². The molecule has 0 bridgehead atoms. The molecule has 0 aliphatic rings. The molecule has 0 spiro atoms. The Labute approximate surface area is 104 Å². The molecule has 2 aromatic rings. The van der Waals surface area contributed by atoms with Gasteiger partial charge in [0.05, 0.1) is 10.7 Å². The van der Waals surface area contributed by atoms with Crippen molar-refractivity contribution in [3.63, 3.8) is 0 Å². The van der Waals surface area contributed by atoms with Crippen molar-refractivity contribution in [1.82, 2.24) is 10.3 Å². The topological polar surface area (TPSA) is 24.9 Å². The highest BCUT2D eigenvalue weighted by atomic mass is 32.1. The van der Waals surface area contributed by atoms with Gasteiger partial charge >= 0.3 is 0 Å². The molecule has 0 aromatic carbocycles. The van der Waals surface area contributed by atoms with Crippen LogP contribution in [-0.2, 0) is 0 Å². The molecule has 2 atom stereocenters. The molecule has 2 heterocycles. The zero-order valence-electron chi connectivity index (χ0n) is 9.73. The second-order valence-electron chi connectivity index (χ2n) is 3.92. The van der Waals surface area contributed by atoms with E-state index in [4.69, 9.17) is 0 Å². The Balaban J connectivity index is 2.00. The summed E-state index contributed by atoms with van der Waals surface area (Å²) < 4.78 is 0. The van der Waals surface area contributed by atoms with Gasteiger partial charge in [-0.2, -0.15) is 0 Å². The molecule has 2 nitrogen and oxygen atoms in total. The monoisotopic (exact) mass is 252 g/mol. The summed E-state index contributed by atoms with van der Waals surface area (Å²) in [5.74, 6) is 0. The lowest BCUT2D eigenvalue weighted by Crippen LogP contribution is -2.22. The van der Waals surface area contributed by atoms with Gasteiger partial charge in [0.1, 0.15) is 0 Å². The van der Waals surface area contributed by atoms with Crippen molar-refractivity contribution < 1.29 is 0 Å². The number of nitrogens with one attached hydrogen (secondary N) is 1. The van der Waals surface area contributed by atoms with Crippen molar-refractivity contribution in [2.45, 2.75) is 32.9 Å². The van der Waals surface area contributed by atoms with E-state index in [-0.39, 0.29) is 0 Å². The average Bonchev–Trinajstić information content (AvgIpc) is 2.87. The van der Waals surface area contributed by atoms with Gasteiger partial charge in [-0.25, -0.2) is 4.98 Å². The Morgan fingerprint density at radius 3 is 2.62 bits per heavy atom. The SMILES string of the molecule is Cc1nc(C(C)N[C@@H](C)c2cccs2)cs1. The van der Waals surface area contributed by atoms with Gasteiger partial charge < -0.3 is 5.32 Å². The van der Waals surface area contributed by atoms with Gasteiger partial charge in [0.2, 0.25) is 0 Å². The summed E-state index contributed by atoms with van der Waals surface area (Å²) in [5, 5.41) is 8.95. The van der Waals surface area contributed by atoms with Gasteiger partial charge in [0, 0.05) is 22.3 Å². The highest BCUT2D eigenvalue weighted by Gasteiger charge is 2.13. The molecule has 16 heavy (non-hydrogen) atoms. The zero-order chi connectivity index (χ0) is 11.5. The first-order valence-corrected chi connectivity index (χ1v) is 7.14. The van der Waals surface area contributed by atoms with Gasteiger partial charge in [0.25, 0.3) is 0 Å². The molecule has 86 valence electrons. The fourth-order valence-corrected chi connectivity index (χ4v) is 3.11. The molecule has 2 aromatic heterocycles. The Bertz CT molecular complexity index is 434. The van der Waals surface area contributed by atoms with Crippen molar-refractivity contribution in [3.05, 3.63) is 38.5 Å². The third-order valence-corrected chi connectivity index (χ3v) is 4.40. The highest BCUT2D eigenvalue weighted by molar-refractivity contribution is 7.10. The number of aryl methyl sites for hydroxylation is 1. The minimum atomic E-state index is 0.307. The summed E-state index contributed by atoms with van der Waals surface area (Å²) in [4.78, 5) is 5.88. The zero-order valence-corrected chi connectivity index (χ0v) is 11.4. The van der Waals surface area contributed by atoms with E-state index in [0.29, 0.717) is 12.1 Å². The summed E-state index contributed by atoms with van der Waals surface area (Å²) in [5.41, 5.74) is 1.14. The van der Waals surface area contributed by atoms with Gasteiger partial charge in [-0.05, 0) is 32.2 Å². The second-order valence-corrected chi connectivity index (χ2v) is 5.96. The van der Waals surface area contributed by atoms with Gasteiger partial charge in [-0.1, -0.05) is 6.07 Å². The van der Waals surface area contributed by atoms with Crippen LogP contribution in [0.1, 0.15) is 41.5 Å². The van der Waals surface area contributed by atoms with Crippen LogP contribution < -0.4 is 5.32 Å². The number of aromatic nitrogens is 1. The largest absolute Gasteiger partial charge is 0.301 e. The summed E-state index contributed by atoms with van der Waals surface area (Å²) in [7, 11) is 0. The van der Waals surface area contributed by atoms with Gasteiger partial charge in [0.15, 0.2) is 0 Å². The first kappa shape index (κ1) is 11.8. The molecule has 4 heteroatoms. The first-order chi connectivity index (χ1) is 7.66. The van der Waals surface area contributed by atoms with Crippen LogP contribution in [0.5, 0.6) is 0 Å². The van der Waals surface area contributed by atoms with E-state index >= 15 is 0 Å². The van der Waals surface area contributed by atoms with E-state index in [0.717, 1.165) is 10.7 Å². The quantitative estimate of drug-likeness (QED) is 0.892. The van der Waals surface area contributed by atoms with Crippen LogP contribution in [0.15, 0.2) is 22.9 Å². The van der Waals surface area contributed by atoms with E-state index < -0.39 is 0 Å². The molecule has 0 aliphatic carbocycles. The molecule has 0 aliphatic heterocycles. The lowest BCUT2D eigenvalue weighted by Gasteiger charge is -2.17. The van der Waals surface area contributed by atoms with Gasteiger partial charge in [-0.15, -0.1) is 22.7 Å². The maximum Gasteiger partial charge on any atom is 0.0898 e. The molecule has 0 saturated carbocycles. The van der Waals surface area contributed by atoms with Crippen LogP contribution in [0.3, 0.4) is 0 Å². The summed E-state index contributed by atoms with van der Waals surface area (Å²) in [6.07, 6.45) is 0. The maximum atomic E-state index is 4.50. The number of hydrogen-bond acceptors (Lipinski definition) is 4. The Kier molecular flexibility index (Phi) is 3.74. The predicted octanol–water partition coefficient (Wildman–Crippen LogP) is 3.92. The maximum absolute atomic E-state index is 4.50.